The summed E-state index contributed by atoms with van der Waals surface area (Å²) in [5.74, 6) is 0.307. The maximum absolute atomic E-state index is 10.9. The van der Waals surface area contributed by atoms with E-state index in [1.807, 2.05) is 0 Å². The van der Waals surface area contributed by atoms with Crippen LogP contribution in [-0.4, -0.2) is 49.3 Å². The van der Waals surface area contributed by atoms with Crippen LogP contribution < -0.4 is 4.74 Å². The SMILES string of the molecule is O=[N+]([O-])c1cc(Br)ccc1OCCN1CCOCC1. The first kappa shape index (κ1) is 14.2. The van der Waals surface area contributed by atoms with Crippen molar-refractivity contribution in [1.82, 2.24) is 4.90 Å². The van der Waals surface area contributed by atoms with Gasteiger partial charge in [-0.1, -0.05) is 15.9 Å². The van der Waals surface area contributed by atoms with Gasteiger partial charge in [0.05, 0.1) is 18.1 Å². The molecule has 0 saturated carbocycles. The Morgan fingerprint density at radius 3 is 2.84 bits per heavy atom. The average molecular weight is 331 g/mol. The van der Waals surface area contributed by atoms with E-state index in [1.165, 1.54) is 6.07 Å². The molecule has 0 unspecified atom stereocenters. The summed E-state index contributed by atoms with van der Waals surface area (Å²) in [5.41, 5.74) is -0.0173. The van der Waals surface area contributed by atoms with Gasteiger partial charge in [-0.05, 0) is 12.1 Å². The molecule has 0 aromatic heterocycles. The summed E-state index contributed by atoms with van der Waals surface area (Å²) in [5, 5.41) is 10.9. The van der Waals surface area contributed by atoms with Crippen LogP contribution in [0.1, 0.15) is 0 Å². The zero-order chi connectivity index (χ0) is 13.7. The number of morpholine rings is 1. The number of hydrogen-bond acceptors (Lipinski definition) is 5. The van der Waals surface area contributed by atoms with Crippen molar-refractivity contribution < 1.29 is 14.4 Å². The molecule has 6 nitrogen and oxygen atoms in total. The van der Waals surface area contributed by atoms with Crippen molar-refractivity contribution in [3.05, 3.63) is 32.8 Å². The van der Waals surface area contributed by atoms with Crippen LogP contribution in [-0.2, 0) is 4.74 Å². The Bertz CT molecular complexity index is 449. The molecule has 7 heteroatoms. The van der Waals surface area contributed by atoms with Gasteiger partial charge in [0.1, 0.15) is 6.61 Å². The Balaban J connectivity index is 1.89. The van der Waals surface area contributed by atoms with Crippen molar-refractivity contribution in [2.45, 2.75) is 0 Å². The molecule has 2 rings (SSSR count). The zero-order valence-corrected chi connectivity index (χ0v) is 12.0. The number of rotatable bonds is 5. The van der Waals surface area contributed by atoms with E-state index in [2.05, 4.69) is 20.8 Å². The summed E-state index contributed by atoms with van der Waals surface area (Å²) < 4.78 is 11.4. The molecule has 104 valence electrons. The molecule has 1 heterocycles. The van der Waals surface area contributed by atoms with E-state index in [0.717, 1.165) is 32.8 Å². The number of nitrogens with zero attached hydrogens (tertiary/aromatic N) is 2. The van der Waals surface area contributed by atoms with Gasteiger partial charge in [-0.15, -0.1) is 0 Å². The molecule has 1 aromatic carbocycles. The first-order chi connectivity index (χ1) is 9.16. The minimum Gasteiger partial charge on any atom is -0.485 e. The second kappa shape index (κ2) is 6.83. The normalized spacial score (nSPS) is 16.3. The molecule has 1 aromatic rings. The van der Waals surface area contributed by atoms with E-state index in [-0.39, 0.29) is 5.69 Å². The van der Waals surface area contributed by atoms with E-state index >= 15 is 0 Å². The zero-order valence-electron chi connectivity index (χ0n) is 10.4. The lowest BCUT2D eigenvalue weighted by Gasteiger charge is -2.26. The van der Waals surface area contributed by atoms with Crippen molar-refractivity contribution in [2.24, 2.45) is 0 Å². The van der Waals surface area contributed by atoms with E-state index in [4.69, 9.17) is 9.47 Å². The van der Waals surface area contributed by atoms with Gasteiger partial charge in [-0.2, -0.15) is 0 Å². The molecule has 1 saturated heterocycles. The fraction of sp³-hybridized carbons (Fsp3) is 0.500. The lowest BCUT2D eigenvalue weighted by molar-refractivity contribution is -0.385. The number of halogens is 1. The fourth-order valence-corrected chi connectivity index (χ4v) is 2.21. The number of nitro groups is 1. The summed E-state index contributed by atoms with van der Waals surface area (Å²) in [6.45, 7) is 4.41. The molecule has 0 bridgehead atoms. The van der Waals surface area contributed by atoms with E-state index < -0.39 is 4.92 Å². The molecule has 1 fully saturated rings. The quantitative estimate of drug-likeness (QED) is 0.610. The third kappa shape index (κ3) is 4.15. The summed E-state index contributed by atoms with van der Waals surface area (Å²) in [4.78, 5) is 12.7. The standard InChI is InChI=1S/C12H15BrN2O4/c13-10-1-2-12(11(9-10)15(16)17)19-8-5-14-3-6-18-7-4-14/h1-2,9H,3-8H2. The number of benzene rings is 1. The Morgan fingerprint density at radius 1 is 1.42 bits per heavy atom. The topological polar surface area (TPSA) is 64.8 Å². The summed E-state index contributed by atoms with van der Waals surface area (Å²) >= 11 is 3.21. The highest BCUT2D eigenvalue weighted by Gasteiger charge is 2.16. The van der Waals surface area contributed by atoms with E-state index in [0.29, 0.717) is 16.8 Å². The molecule has 19 heavy (non-hydrogen) atoms. The first-order valence-corrected chi connectivity index (χ1v) is 6.83. The van der Waals surface area contributed by atoms with Crippen molar-refractivity contribution in [1.29, 1.82) is 0 Å². The van der Waals surface area contributed by atoms with Crippen LogP contribution in [0.15, 0.2) is 22.7 Å². The van der Waals surface area contributed by atoms with E-state index in [1.54, 1.807) is 12.1 Å². The molecule has 1 aliphatic heterocycles. The molecular weight excluding hydrogens is 316 g/mol. The Hall–Kier alpha value is -1.18. The van der Waals surface area contributed by atoms with E-state index in [9.17, 15) is 10.1 Å². The predicted molar refractivity (Wildman–Crippen MR) is 73.6 cm³/mol. The van der Waals surface area contributed by atoms with Gasteiger partial charge in [0.25, 0.3) is 0 Å². The van der Waals surface area contributed by atoms with Gasteiger partial charge >= 0.3 is 5.69 Å². The van der Waals surface area contributed by atoms with Gasteiger partial charge in [0.2, 0.25) is 0 Å². The summed E-state index contributed by atoms with van der Waals surface area (Å²) in [6.07, 6.45) is 0. The average Bonchev–Trinajstić information content (AvgIpc) is 2.41. The molecule has 0 amide bonds. The molecule has 0 spiro atoms. The van der Waals surface area contributed by atoms with Crippen molar-refractivity contribution in [3.8, 4) is 5.75 Å². The second-order valence-electron chi connectivity index (χ2n) is 4.17. The molecule has 0 N–H and O–H groups in total. The van der Waals surface area contributed by atoms with Crippen LogP contribution in [0.5, 0.6) is 5.75 Å². The third-order valence-electron chi connectivity index (χ3n) is 2.89. The van der Waals surface area contributed by atoms with Gasteiger partial charge in [0, 0.05) is 30.2 Å². The van der Waals surface area contributed by atoms with Crippen molar-refractivity contribution in [3.63, 3.8) is 0 Å². The van der Waals surface area contributed by atoms with Crippen LogP contribution >= 0.6 is 15.9 Å². The van der Waals surface area contributed by atoms with Gasteiger partial charge in [-0.3, -0.25) is 15.0 Å². The molecule has 0 aliphatic carbocycles. The molecule has 0 radical (unpaired) electrons. The monoisotopic (exact) mass is 330 g/mol. The van der Waals surface area contributed by atoms with Crippen LogP contribution in [0, 0.1) is 10.1 Å². The number of ether oxygens (including phenoxy) is 2. The Labute approximate surface area is 119 Å². The van der Waals surface area contributed by atoms with Crippen molar-refractivity contribution >= 4 is 21.6 Å². The van der Waals surface area contributed by atoms with Gasteiger partial charge in [0.15, 0.2) is 5.75 Å². The van der Waals surface area contributed by atoms with Crippen molar-refractivity contribution in [2.75, 3.05) is 39.5 Å². The highest BCUT2D eigenvalue weighted by Crippen LogP contribution is 2.29. The summed E-state index contributed by atoms with van der Waals surface area (Å²) in [6, 6.07) is 4.79. The smallest absolute Gasteiger partial charge is 0.312 e. The minimum atomic E-state index is -0.436. The largest absolute Gasteiger partial charge is 0.485 e. The Kier molecular flexibility index (Phi) is 5.12. The first-order valence-electron chi connectivity index (χ1n) is 6.03. The summed E-state index contributed by atoms with van der Waals surface area (Å²) in [7, 11) is 0. The lowest BCUT2D eigenvalue weighted by Crippen LogP contribution is -2.38. The van der Waals surface area contributed by atoms with Gasteiger partial charge < -0.3 is 9.47 Å². The second-order valence-corrected chi connectivity index (χ2v) is 5.09. The number of nitro benzene ring substituents is 1. The molecule has 1 aliphatic rings. The third-order valence-corrected chi connectivity index (χ3v) is 3.38. The minimum absolute atomic E-state index is 0.0173. The Morgan fingerprint density at radius 2 is 2.16 bits per heavy atom. The maximum Gasteiger partial charge on any atom is 0.312 e. The van der Waals surface area contributed by atoms with Crippen LogP contribution in [0.25, 0.3) is 0 Å². The molecular formula is C12H15BrN2O4. The maximum atomic E-state index is 10.9. The highest BCUT2D eigenvalue weighted by atomic mass is 79.9. The predicted octanol–water partition coefficient (Wildman–Crippen LogP) is 2.07. The van der Waals surface area contributed by atoms with Crippen LogP contribution in [0.2, 0.25) is 0 Å². The highest BCUT2D eigenvalue weighted by molar-refractivity contribution is 9.10. The van der Waals surface area contributed by atoms with Crippen LogP contribution in [0.4, 0.5) is 5.69 Å². The van der Waals surface area contributed by atoms with Gasteiger partial charge in [-0.25, -0.2) is 0 Å². The fourth-order valence-electron chi connectivity index (χ4n) is 1.86. The van der Waals surface area contributed by atoms with Crippen LogP contribution in [0.3, 0.4) is 0 Å². The number of hydrogen-bond donors (Lipinski definition) is 0. The molecule has 0 atom stereocenters. The lowest BCUT2D eigenvalue weighted by atomic mass is 10.3.